The van der Waals surface area contributed by atoms with Crippen molar-refractivity contribution in [2.75, 3.05) is 0 Å². The van der Waals surface area contributed by atoms with Crippen molar-refractivity contribution >= 4 is 22.7 Å². The number of pyridine rings is 2. The summed E-state index contributed by atoms with van der Waals surface area (Å²) in [6.45, 7) is 1.83. The van der Waals surface area contributed by atoms with E-state index in [-0.39, 0.29) is 0 Å². The smallest absolute Gasteiger partial charge is 0.0898 e. The Kier molecular flexibility index (Phi) is 6.28. The van der Waals surface area contributed by atoms with E-state index in [2.05, 4.69) is 51.4 Å². The number of terminal acetylenes is 1. The van der Waals surface area contributed by atoms with E-state index >= 15 is 0 Å². The summed E-state index contributed by atoms with van der Waals surface area (Å²) in [5.74, 6) is 21.3. The van der Waals surface area contributed by atoms with E-state index in [1.54, 1.807) is 23.7 Å². The fourth-order valence-corrected chi connectivity index (χ4v) is 4.08. The van der Waals surface area contributed by atoms with Crippen molar-refractivity contribution in [3.8, 4) is 59.3 Å². The summed E-state index contributed by atoms with van der Waals surface area (Å²) in [4.78, 5) is 12.7. The summed E-state index contributed by atoms with van der Waals surface area (Å²) >= 11 is 3.09. The highest BCUT2D eigenvalue weighted by atomic mass is 32.1. The van der Waals surface area contributed by atoms with Crippen molar-refractivity contribution in [2.24, 2.45) is 0 Å². The number of hydrogen-bond donors (Lipinski definition) is 0. The maximum atomic E-state index is 5.42. The van der Waals surface area contributed by atoms with Crippen LogP contribution in [0.4, 0.5) is 0 Å². The number of nitrogens with zero attached hydrogens (tertiary/aromatic N) is 2. The highest BCUT2D eigenvalue weighted by Gasteiger charge is 2.03. The lowest BCUT2D eigenvalue weighted by atomic mass is 10.1. The van der Waals surface area contributed by atoms with E-state index in [0.29, 0.717) is 0 Å². The number of hydrogen-bond acceptors (Lipinski definition) is 4. The molecule has 0 unspecified atom stereocenters. The Morgan fingerprint density at radius 3 is 1.61 bits per heavy atom. The van der Waals surface area contributed by atoms with Crippen molar-refractivity contribution in [3.05, 3.63) is 91.6 Å². The van der Waals surface area contributed by atoms with Gasteiger partial charge in [-0.15, -0.1) is 35.0 Å². The zero-order chi connectivity index (χ0) is 21.5. The van der Waals surface area contributed by atoms with E-state index in [4.69, 9.17) is 6.42 Å². The Bertz CT molecular complexity index is 1480. The molecule has 4 aromatic rings. The molecule has 0 spiro atoms. The molecule has 2 nitrogen and oxygen atoms in total. The molecule has 0 aliphatic rings. The van der Waals surface area contributed by atoms with Gasteiger partial charge < -0.3 is 0 Å². The molecule has 0 N–H and O–H groups in total. The molecular formula is C27H14N2S2. The maximum absolute atomic E-state index is 5.42. The van der Waals surface area contributed by atoms with E-state index in [0.717, 1.165) is 42.0 Å². The van der Waals surface area contributed by atoms with Gasteiger partial charge in [-0.3, -0.25) is 9.97 Å². The predicted octanol–water partition coefficient (Wildman–Crippen LogP) is 5.42. The van der Waals surface area contributed by atoms with Gasteiger partial charge in [0.15, 0.2) is 0 Å². The van der Waals surface area contributed by atoms with Crippen LogP contribution in [0, 0.1) is 47.9 Å². The minimum atomic E-state index is 0.752. The van der Waals surface area contributed by atoms with Crippen LogP contribution in [0.3, 0.4) is 0 Å². The first-order valence-electron chi connectivity index (χ1n) is 9.29. The van der Waals surface area contributed by atoms with Crippen LogP contribution in [0.15, 0.2) is 60.9 Å². The summed E-state index contributed by atoms with van der Waals surface area (Å²) in [5.41, 5.74) is 3.25. The standard InChI is InChI=1S/C27H14N2S2/c1-3-5-23-12-13-25(31-23)9-7-21-15-17-29-27(19-21)26-18-20(14-16-28-26)6-8-24-11-10-22(4-2)30-24/h2,10-19H,1H3. The van der Waals surface area contributed by atoms with Crippen LogP contribution in [0.1, 0.15) is 37.6 Å². The molecule has 0 bridgehead atoms. The quantitative estimate of drug-likeness (QED) is 0.377. The first kappa shape index (κ1) is 20.2. The molecule has 0 atom stereocenters. The second kappa shape index (κ2) is 9.63. The molecule has 0 aliphatic heterocycles. The normalized spacial score (nSPS) is 9.29. The molecule has 0 fully saturated rings. The van der Waals surface area contributed by atoms with Gasteiger partial charge in [-0.1, -0.05) is 35.5 Å². The Morgan fingerprint density at radius 2 is 1.13 bits per heavy atom. The molecule has 0 aromatic carbocycles. The van der Waals surface area contributed by atoms with Crippen LogP contribution in [0.2, 0.25) is 0 Å². The van der Waals surface area contributed by atoms with Gasteiger partial charge >= 0.3 is 0 Å². The second-order valence-corrected chi connectivity index (χ2v) is 8.37. The predicted molar refractivity (Wildman–Crippen MR) is 129 cm³/mol. The van der Waals surface area contributed by atoms with Crippen LogP contribution in [0.5, 0.6) is 0 Å². The van der Waals surface area contributed by atoms with E-state index in [1.807, 2.05) is 55.5 Å². The van der Waals surface area contributed by atoms with Crippen molar-refractivity contribution in [2.45, 2.75) is 6.92 Å². The minimum absolute atomic E-state index is 0.752. The summed E-state index contributed by atoms with van der Waals surface area (Å²) in [5, 5.41) is 0. The Morgan fingerprint density at radius 1 is 0.645 bits per heavy atom. The molecule has 0 saturated heterocycles. The summed E-state index contributed by atoms with van der Waals surface area (Å²) in [7, 11) is 0. The largest absolute Gasteiger partial charge is 0.255 e. The van der Waals surface area contributed by atoms with Crippen LogP contribution in [-0.2, 0) is 0 Å². The second-order valence-electron chi connectivity index (χ2n) is 6.21. The summed E-state index contributed by atoms with van der Waals surface area (Å²) in [6.07, 6.45) is 8.90. The lowest BCUT2D eigenvalue weighted by Crippen LogP contribution is -1.89. The molecular weight excluding hydrogens is 416 g/mol. The molecule has 0 aliphatic carbocycles. The molecule has 0 radical (unpaired) electrons. The van der Waals surface area contributed by atoms with Gasteiger partial charge in [-0.25, -0.2) is 0 Å². The molecule has 31 heavy (non-hydrogen) atoms. The number of rotatable bonds is 1. The van der Waals surface area contributed by atoms with Crippen LogP contribution < -0.4 is 0 Å². The summed E-state index contributed by atoms with van der Waals surface area (Å²) < 4.78 is 0. The fourth-order valence-electron chi connectivity index (χ4n) is 2.64. The Labute approximate surface area is 190 Å². The van der Waals surface area contributed by atoms with E-state index in [1.165, 1.54) is 11.3 Å². The zero-order valence-electron chi connectivity index (χ0n) is 16.6. The van der Waals surface area contributed by atoms with Crippen molar-refractivity contribution in [3.63, 3.8) is 0 Å². The zero-order valence-corrected chi connectivity index (χ0v) is 18.2. The van der Waals surface area contributed by atoms with Gasteiger partial charge in [0, 0.05) is 23.5 Å². The van der Waals surface area contributed by atoms with Crippen molar-refractivity contribution in [1.82, 2.24) is 9.97 Å². The van der Waals surface area contributed by atoms with Gasteiger partial charge in [0.05, 0.1) is 30.9 Å². The highest BCUT2D eigenvalue weighted by molar-refractivity contribution is 7.13. The average Bonchev–Trinajstić information content (AvgIpc) is 3.46. The van der Waals surface area contributed by atoms with Gasteiger partial charge in [0.2, 0.25) is 0 Å². The number of aromatic nitrogens is 2. The molecule has 4 heterocycles. The highest BCUT2D eigenvalue weighted by Crippen LogP contribution is 2.18. The maximum Gasteiger partial charge on any atom is 0.0898 e. The van der Waals surface area contributed by atoms with Gasteiger partial charge in [0.1, 0.15) is 0 Å². The number of thiophene rings is 2. The average molecular weight is 431 g/mol. The molecule has 0 amide bonds. The molecule has 144 valence electrons. The van der Waals surface area contributed by atoms with E-state index in [9.17, 15) is 0 Å². The molecule has 4 heteroatoms. The van der Waals surface area contributed by atoms with Crippen LogP contribution in [-0.4, -0.2) is 9.97 Å². The minimum Gasteiger partial charge on any atom is -0.255 e. The monoisotopic (exact) mass is 430 g/mol. The SMILES string of the molecule is C#Cc1ccc(C#Cc2ccnc(-c3cc(C#Cc4ccc(C#CC)s4)ccn3)c2)s1. The van der Waals surface area contributed by atoms with Crippen molar-refractivity contribution < 1.29 is 0 Å². The fraction of sp³-hybridized carbons (Fsp3) is 0.0370. The van der Waals surface area contributed by atoms with E-state index < -0.39 is 0 Å². The van der Waals surface area contributed by atoms with Crippen LogP contribution >= 0.6 is 22.7 Å². The molecule has 4 aromatic heterocycles. The Balaban J connectivity index is 1.57. The third-order valence-corrected chi connectivity index (χ3v) is 5.89. The third kappa shape index (κ3) is 5.30. The third-order valence-electron chi connectivity index (χ3n) is 4.04. The first-order valence-corrected chi connectivity index (χ1v) is 10.9. The lowest BCUT2D eigenvalue weighted by molar-refractivity contribution is 1.24. The molecule has 4 rings (SSSR count). The van der Waals surface area contributed by atoms with Crippen LogP contribution in [0.25, 0.3) is 11.4 Å². The van der Waals surface area contributed by atoms with Gasteiger partial charge in [-0.05, 0) is 55.5 Å². The lowest BCUT2D eigenvalue weighted by Gasteiger charge is -2.01. The molecule has 0 saturated carbocycles. The van der Waals surface area contributed by atoms with Gasteiger partial charge in [0.25, 0.3) is 0 Å². The summed E-state index contributed by atoms with van der Waals surface area (Å²) in [6, 6.07) is 15.4. The van der Waals surface area contributed by atoms with Gasteiger partial charge in [-0.2, -0.15) is 0 Å². The van der Waals surface area contributed by atoms with Crippen molar-refractivity contribution in [1.29, 1.82) is 0 Å². The Hall–Kier alpha value is -4.06. The first-order chi connectivity index (χ1) is 15.2. The topological polar surface area (TPSA) is 25.8 Å².